The molecular weight excluding hydrogens is 200 g/mol. The molecule has 0 amide bonds. The summed E-state index contributed by atoms with van der Waals surface area (Å²) in [5.74, 6) is 0.628. The summed E-state index contributed by atoms with van der Waals surface area (Å²) in [6, 6.07) is 0.578. The van der Waals surface area contributed by atoms with Crippen LogP contribution < -0.4 is 5.73 Å². The van der Waals surface area contributed by atoms with E-state index in [0.717, 1.165) is 25.9 Å². The Morgan fingerprint density at radius 1 is 1.31 bits per heavy atom. The first kappa shape index (κ1) is 13.9. The number of rotatable bonds is 6. The van der Waals surface area contributed by atoms with Crippen molar-refractivity contribution in [1.29, 1.82) is 0 Å². The average Bonchev–Trinajstić information content (AvgIpc) is 2.76. The van der Waals surface area contributed by atoms with Crippen molar-refractivity contribution in [2.24, 2.45) is 11.7 Å². The number of hydrogen-bond donors (Lipinski definition) is 2. The number of nitrogens with zero attached hydrogens (tertiary/aromatic N) is 1. The molecule has 2 atom stereocenters. The second kappa shape index (κ2) is 5.99. The Hall–Kier alpha value is -0.120. The predicted octanol–water partition coefficient (Wildman–Crippen LogP) is 1.60. The molecule has 0 aromatic carbocycles. The summed E-state index contributed by atoms with van der Waals surface area (Å²) in [6.45, 7) is 5.69. The molecule has 1 aliphatic carbocycles. The van der Waals surface area contributed by atoms with Crippen LogP contribution in [-0.4, -0.2) is 41.8 Å². The van der Waals surface area contributed by atoms with E-state index in [2.05, 4.69) is 25.8 Å². The van der Waals surface area contributed by atoms with Gasteiger partial charge in [0.15, 0.2) is 0 Å². The maximum absolute atomic E-state index is 10.3. The van der Waals surface area contributed by atoms with Crippen molar-refractivity contribution < 1.29 is 5.11 Å². The van der Waals surface area contributed by atoms with Crippen LogP contribution >= 0.6 is 0 Å². The number of aliphatic hydroxyl groups is 1. The maximum Gasteiger partial charge on any atom is 0.0768 e. The zero-order valence-corrected chi connectivity index (χ0v) is 11.1. The van der Waals surface area contributed by atoms with E-state index in [1.165, 1.54) is 19.3 Å². The van der Waals surface area contributed by atoms with Gasteiger partial charge < -0.3 is 15.7 Å². The van der Waals surface area contributed by atoms with E-state index in [-0.39, 0.29) is 0 Å². The van der Waals surface area contributed by atoms with Crippen molar-refractivity contribution in [2.75, 3.05) is 20.1 Å². The van der Waals surface area contributed by atoms with E-state index < -0.39 is 5.60 Å². The van der Waals surface area contributed by atoms with E-state index in [1.807, 2.05) is 0 Å². The average molecular weight is 228 g/mol. The van der Waals surface area contributed by atoms with Gasteiger partial charge in [0, 0.05) is 12.6 Å². The van der Waals surface area contributed by atoms with Crippen LogP contribution in [0.5, 0.6) is 0 Å². The fraction of sp³-hybridized carbons (Fsp3) is 1.00. The van der Waals surface area contributed by atoms with Crippen LogP contribution in [0, 0.1) is 5.92 Å². The van der Waals surface area contributed by atoms with Crippen LogP contribution in [0.2, 0.25) is 0 Å². The lowest BCUT2D eigenvalue weighted by atomic mass is 9.94. The van der Waals surface area contributed by atoms with Gasteiger partial charge in [0.1, 0.15) is 0 Å². The van der Waals surface area contributed by atoms with Crippen LogP contribution in [0.25, 0.3) is 0 Å². The minimum Gasteiger partial charge on any atom is -0.389 e. The third kappa shape index (κ3) is 3.19. The molecule has 3 N–H and O–H groups in total. The van der Waals surface area contributed by atoms with E-state index in [0.29, 0.717) is 12.0 Å². The molecule has 1 aliphatic rings. The van der Waals surface area contributed by atoms with Crippen molar-refractivity contribution in [3.05, 3.63) is 0 Å². The summed E-state index contributed by atoms with van der Waals surface area (Å²) in [4.78, 5) is 2.33. The lowest BCUT2D eigenvalue weighted by Gasteiger charge is -2.36. The summed E-state index contributed by atoms with van der Waals surface area (Å²) in [5, 5.41) is 10.3. The Balaban J connectivity index is 2.53. The Kier molecular flexibility index (Phi) is 5.22. The van der Waals surface area contributed by atoms with Gasteiger partial charge in [-0.05, 0) is 45.2 Å². The minimum atomic E-state index is -0.517. The maximum atomic E-state index is 10.3. The molecule has 0 saturated heterocycles. The minimum absolute atomic E-state index is 0.517. The molecule has 0 aromatic heterocycles. The molecule has 0 aromatic rings. The molecular formula is C13H28N2O. The SMILES string of the molecule is CCC(O)(CC)CN(C)C1CCCC1CN. The molecule has 3 heteroatoms. The summed E-state index contributed by atoms with van der Waals surface area (Å²) in [5.41, 5.74) is 5.28. The highest BCUT2D eigenvalue weighted by molar-refractivity contribution is 4.88. The molecule has 0 heterocycles. The fourth-order valence-electron chi connectivity index (χ4n) is 2.93. The first-order valence-electron chi connectivity index (χ1n) is 6.69. The standard InChI is InChI=1S/C13H28N2O/c1-4-13(16,5-2)10-15(3)12-8-6-7-11(12)9-14/h11-12,16H,4-10,14H2,1-3H3. The second-order valence-electron chi connectivity index (χ2n) is 5.34. The zero-order chi connectivity index (χ0) is 12.2. The highest BCUT2D eigenvalue weighted by Gasteiger charge is 2.33. The monoisotopic (exact) mass is 228 g/mol. The van der Waals surface area contributed by atoms with Crippen molar-refractivity contribution in [3.8, 4) is 0 Å². The Morgan fingerprint density at radius 3 is 2.44 bits per heavy atom. The first-order valence-corrected chi connectivity index (χ1v) is 6.69. The van der Waals surface area contributed by atoms with Crippen molar-refractivity contribution in [2.45, 2.75) is 57.6 Å². The van der Waals surface area contributed by atoms with E-state index in [9.17, 15) is 5.11 Å². The van der Waals surface area contributed by atoms with E-state index in [4.69, 9.17) is 5.73 Å². The van der Waals surface area contributed by atoms with Gasteiger partial charge in [0.05, 0.1) is 5.60 Å². The van der Waals surface area contributed by atoms with Crippen molar-refractivity contribution in [3.63, 3.8) is 0 Å². The number of likely N-dealkylation sites (N-methyl/N-ethyl adjacent to an activating group) is 1. The Morgan fingerprint density at radius 2 is 1.94 bits per heavy atom. The van der Waals surface area contributed by atoms with Gasteiger partial charge in [-0.25, -0.2) is 0 Å². The lowest BCUT2D eigenvalue weighted by molar-refractivity contribution is -0.0108. The van der Waals surface area contributed by atoms with Crippen molar-refractivity contribution in [1.82, 2.24) is 4.90 Å². The van der Waals surface area contributed by atoms with Gasteiger partial charge in [0.25, 0.3) is 0 Å². The molecule has 0 bridgehead atoms. The smallest absolute Gasteiger partial charge is 0.0768 e. The quantitative estimate of drug-likeness (QED) is 0.726. The van der Waals surface area contributed by atoms with E-state index in [1.54, 1.807) is 0 Å². The van der Waals surface area contributed by atoms with Crippen LogP contribution in [0.3, 0.4) is 0 Å². The summed E-state index contributed by atoms with van der Waals surface area (Å²) < 4.78 is 0. The van der Waals surface area contributed by atoms with Gasteiger partial charge in [-0.1, -0.05) is 20.3 Å². The highest BCUT2D eigenvalue weighted by atomic mass is 16.3. The van der Waals surface area contributed by atoms with Gasteiger partial charge >= 0.3 is 0 Å². The van der Waals surface area contributed by atoms with Gasteiger partial charge in [-0.15, -0.1) is 0 Å². The topological polar surface area (TPSA) is 49.5 Å². The summed E-state index contributed by atoms with van der Waals surface area (Å²) in [7, 11) is 2.13. The Labute approximate surface area is 100 Å². The fourth-order valence-corrected chi connectivity index (χ4v) is 2.93. The van der Waals surface area contributed by atoms with Gasteiger partial charge in [-0.3, -0.25) is 0 Å². The molecule has 1 saturated carbocycles. The first-order chi connectivity index (χ1) is 7.56. The third-order valence-electron chi connectivity index (χ3n) is 4.35. The van der Waals surface area contributed by atoms with Crippen LogP contribution in [0.4, 0.5) is 0 Å². The third-order valence-corrected chi connectivity index (χ3v) is 4.35. The molecule has 3 nitrogen and oxygen atoms in total. The van der Waals surface area contributed by atoms with E-state index >= 15 is 0 Å². The Bertz CT molecular complexity index is 204. The largest absolute Gasteiger partial charge is 0.389 e. The molecule has 1 rings (SSSR count). The molecule has 0 radical (unpaired) electrons. The molecule has 16 heavy (non-hydrogen) atoms. The highest BCUT2D eigenvalue weighted by Crippen LogP contribution is 2.30. The molecule has 96 valence electrons. The lowest BCUT2D eigenvalue weighted by Crippen LogP contribution is -2.47. The number of nitrogens with two attached hydrogens (primary N) is 1. The van der Waals surface area contributed by atoms with Crippen molar-refractivity contribution >= 4 is 0 Å². The predicted molar refractivity (Wildman–Crippen MR) is 68.3 cm³/mol. The van der Waals surface area contributed by atoms with Gasteiger partial charge in [0.2, 0.25) is 0 Å². The zero-order valence-electron chi connectivity index (χ0n) is 11.1. The summed E-state index contributed by atoms with van der Waals surface area (Å²) in [6.07, 6.45) is 5.43. The second-order valence-corrected chi connectivity index (χ2v) is 5.34. The van der Waals surface area contributed by atoms with Gasteiger partial charge in [-0.2, -0.15) is 0 Å². The molecule has 2 unspecified atom stereocenters. The normalized spacial score (nSPS) is 26.6. The van der Waals surface area contributed by atoms with Crippen LogP contribution in [0.1, 0.15) is 46.0 Å². The molecule has 1 fully saturated rings. The molecule has 0 spiro atoms. The molecule has 0 aliphatic heterocycles. The van der Waals surface area contributed by atoms with Crippen LogP contribution in [-0.2, 0) is 0 Å². The summed E-state index contributed by atoms with van der Waals surface area (Å²) >= 11 is 0. The number of hydrogen-bond acceptors (Lipinski definition) is 3. The van der Waals surface area contributed by atoms with Crippen LogP contribution in [0.15, 0.2) is 0 Å².